The molecule has 1 spiro atoms. The minimum atomic E-state index is -0.230. The predicted octanol–water partition coefficient (Wildman–Crippen LogP) is 3.99. The summed E-state index contributed by atoms with van der Waals surface area (Å²) < 4.78 is 22.8. The highest BCUT2D eigenvalue weighted by Gasteiger charge is 2.46. The van der Waals surface area contributed by atoms with Gasteiger partial charge in [0.05, 0.1) is 11.7 Å². The molecule has 5 rings (SSSR count). The van der Waals surface area contributed by atoms with Gasteiger partial charge in [-0.15, -0.1) is 0 Å². The monoisotopic (exact) mass is 410 g/mol. The molecule has 0 bridgehead atoms. The molecular formula is C22H23FN4OS. The topological polar surface area (TPSA) is 49.3 Å². The minimum absolute atomic E-state index is 0.126. The van der Waals surface area contributed by atoms with Crippen LogP contribution >= 0.6 is 11.7 Å². The zero-order valence-corrected chi connectivity index (χ0v) is 17.0. The molecule has 2 aromatic carbocycles. The van der Waals surface area contributed by atoms with Crippen molar-refractivity contribution >= 4 is 28.7 Å². The van der Waals surface area contributed by atoms with E-state index in [1.807, 2.05) is 17.0 Å². The quantitative estimate of drug-likeness (QED) is 0.653. The van der Waals surface area contributed by atoms with Gasteiger partial charge in [0.15, 0.2) is 0 Å². The molecule has 29 heavy (non-hydrogen) atoms. The van der Waals surface area contributed by atoms with Gasteiger partial charge in [0, 0.05) is 43.7 Å². The lowest BCUT2D eigenvalue weighted by Crippen LogP contribution is -2.52. The number of amides is 1. The molecule has 0 N–H and O–H groups in total. The number of hydrogen-bond acceptors (Lipinski definition) is 5. The Kier molecular flexibility index (Phi) is 4.80. The Balaban J connectivity index is 1.27. The minimum Gasteiger partial charge on any atom is -0.332 e. The summed E-state index contributed by atoms with van der Waals surface area (Å²) in [6.07, 6.45) is 3.33. The summed E-state index contributed by atoms with van der Waals surface area (Å²) in [7, 11) is 0. The molecule has 2 saturated heterocycles. The Morgan fingerprint density at radius 1 is 1.00 bits per heavy atom. The second-order valence-electron chi connectivity index (χ2n) is 8.16. The lowest BCUT2D eigenvalue weighted by Gasteiger charge is -2.45. The van der Waals surface area contributed by atoms with Crippen molar-refractivity contribution in [1.29, 1.82) is 0 Å². The van der Waals surface area contributed by atoms with Crippen LogP contribution in [0.5, 0.6) is 0 Å². The first kappa shape index (κ1) is 18.6. The Hall–Kier alpha value is -2.38. The molecule has 2 fully saturated rings. The fourth-order valence-electron chi connectivity index (χ4n) is 4.76. The smallest absolute Gasteiger partial charge is 0.223 e. The molecular weight excluding hydrogens is 387 g/mol. The van der Waals surface area contributed by atoms with Crippen molar-refractivity contribution in [2.24, 2.45) is 0 Å². The van der Waals surface area contributed by atoms with Crippen LogP contribution in [0.15, 0.2) is 42.5 Å². The highest BCUT2D eigenvalue weighted by Crippen LogP contribution is 2.40. The zero-order chi connectivity index (χ0) is 19.8. The van der Waals surface area contributed by atoms with E-state index in [-0.39, 0.29) is 17.3 Å². The summed E-state index contributed by atoms with van der Waals surface area (Å²) >= 11 is 1.24. The highest BCUT2D eigenvalue weighted by atomic mass is 32.1. The van der Waals surface area contributed by atoms with E-state index in [0.29, 0.717) is 18.5 Å². The van der Waals surface area contributed by atoms with Gasteiger partial charge < -0.3 is 4.90 Å². The molecule has 2 aliphatic rings. The number of aromatic nitrogens is 2. The van der Waals surface area contributed by atoms with E-state index in [9.17, 15) is 9.18 Å². The number of fused-ring (bicyclic) bond motifs is 1. The number of piperidine rings is 1. The standard InChI is InChI=1S/C22H23FN4OS/c23-18-4-2-1-3-17(18)15-27-21(28)7-8-22(27)9-11-26(12-10-22)14-16-5-6-19-20(13-16)25-29-24-19/h1-6,13H,7-12,14-15H2. The fraction of sp³-hybridized carbons (Fsp3) is 0.409. The van der Waals surface area contributed by atoms with E-state index in [2.05, 4.69) is 25.8 Å². The van der Waals surface area contributed by atoms with Gasteiger partial charge in [-0.3, -0.25) is 9.69 Å². The first-order valence-electron chi connectivity index (χ1n) is 10.1. The van der Waals surface area contributed by atoms with Crippen LogP contribution in [0.1, 0.15) is 36.8 Å². The van der Waals surface area contributed by atoms with Crippen molar-refractivity contribution in [3.05, 3.63) is 59.4 Å². The van der Waals surface area contributed by atoms with Gasteiger partial charge in [-0.05, 0) is 43.0 Å². The van der Waals surface area contributed by atoms with Crippen LogP contribution in [0.25, 0.3) is 11.0 Å². The normalized spacial score (nSPS) is 19.5. The van der Waals surface area contributed by atoms with Gasteiger partial charge in [-0.1, -0.05) is 24.3 Å². The number of hydrogen-bond donors (Lipinski definition) is 0. The van der Waals surface area contributed by atoms with E-state index < -0.39 is 0 Å². The second kappa shape index (κ2) is 7.46. The average Bonchev–Trinajstić information content (AvgIpc) is 3.31. The molecule has 7 heteroatoms. The van der Waals surface area contributed by atoms with Gasteiger partial charge in [-0.2, -0.15) is 8.75 Å². The van der Waals surface area contributed by atoms with Crippen LogP contribution in [0, 0.1) is 5.82 Å². The lowest BCUT2D eigenvalue weighted by molar-refractivity contribution is -0.133. The maximum Gasteiger partial charge on any atom is 0.223 e. The van der Waals surface area contributed by atoms with Crippen molar-refractivity contribution < 1.29 is 9.18 Å². The summed E-state index contributed by atoms with van der Waals surface area (Å²) in [6, 6.07) is 13.1. The van der Waals surface area contributed by atoms with Gasteiger partial charge in [-0.25, -0.2) is 4.39 Å². The largest absolute Gasteiger partial charge is 0.332 e. The first-order valence-corrected chi connectivity index (χ1v) is 10.8. The molecule has 0 unspecified atom stereocenters. The highest BCUT2D eigenvalue weighted by molar-refractivity contribution is 7.00. The molecule has 0 radical (unpaired) electrons. The van der Waals surface area contributed by atoms with Crippen LogP contribution in [0.4, 0.5) is 4.39 Å². The Morgan fingerprint density at radius 3 is 2.62 bits per heavy atom. The van der Waals surface area contributed by atoms with E-state index in [1.165, 1.54) is 23.4 Å². The van der Waals surface area contributed by atoms with Crippen molar-refractivity contribution in [3.63, 3.8) is 0 Å². The number of carbonyl (C=O) groups is 1. The van der Waals surface area contributed by atoms with E-state index in [0.717, 1.165) is 49.9 Å². The average molecular weight is 411 g/mol. The summed E-state index contributed by atoms with van der Waals surface area (Å²) in [6.45, 7) is 3.13. The van der Waals surface area contributed by atoms with Crippen LogP contribution in [-0.4, -0.2) is 43.1 Å². The third kappa shape index (κ3) is 3.53. The number of rotatable bonds is 4. The van der Waals surface area contributed by atoms with Crippen molar-refractivity contribution in [1.82, 2.24) is 18.5 Å². The third-order valence-corrected chi connectivity index (χ3v) is 7.03. The Bertz CT molecular complexity index is 1040. The zero-order valence-electron chi connectivity index (χ0n) is 16.2. The van der Waals surface area contributed by atoms with Gasteiger partial charge in [0.1, 0.15) is 16.9 Å². The molecule has 0 aliphatic carbocycles. The van der Waals surface area contributed by atoms with E-state index >= 15 is 0 Å². The van der Waals surface area contributed by atoms with Gasteiger partial charge in [0.2, 0.25) is 5.91 Å². The number of benzene rings is 2. The van der Waals surface area contributed by atoms with Gasteiger partial charge >= 0.3 is 0 Å². The van der Waals surface area contributed by atoms with Crippen LogP contribution in [-0.2, 0) is 17.9 Å². The van der Waals surface area contributed by atoms with E-state index in [1.54, 1.807) is 12.1 Å². The maximum atomic E-state index is 14.2. The van der Waals surface area contributed by atoms with Crippen LogP contribution in [0.2, 0.25) is 0 Å². The molecule has 0 saturated carbocycles. The molecule has 3 heterocycles. The van der Waals surface area contributed by atoms with Gasteiger partial charge in [0.25, 0.3) is 0 Å². The van der Waals surface area contributed by atoms with Crippen molar-refractivity contribution in [2.45, 2.75) is 44.3 Å². The molecule has 1 amide bonds. The molecule has 3 aromatic rings. The molecule has 150 valence electrons. The van der Waals surface area contributed by atoms with Crippen molar-refractivity contribution in [3.8, 4) is 0 Å². The maximum absolute atomic E-state index is 14.2. The molecule has 5 nitrogen and oxygen atoms in total. The lowest BCUT2D eigenvalue weighted by atomic mass is 9.84. The summed E-state index contributed by atoms with van der Waals surface area (Å²) in [5.74, 6) is -0.0742. The molecule has 2 aliphatic heterocycles. The Labute approximate surface area is 173 Å². The summed E-state index contributed by atoms with van der Waals surface area (Å²) in [4.78, 5) is 17.0. The second-order valence-corrected chi connectivity index (χ2v) is 8.69. The number of halogens is 1. The SMILES string of the molecule is O=C1CCC2(CCN(Cc3ccc4nsnc4c3)CC2)N1Cc1ccccc1F. The van der Waals surface area contributed by atoms with Crippen LogP contribution in [0.3, 0.4) is 0 Å². The molecule has 0 atom stereocenters. The summed E-state index contributed by atoms with van der Waals surface area (Å²) in [5, 5.41) is 0. The number of carbonyl (C=O) groups excluding carboxylic acids is 1. The number of likely N-dealkylation sites (tertiary alicyclic amines) is 2. The van der Waals surface area contributed by atoms with Crippen LogP contribution < -0.4 is 0 Å². The third-order valence-electron chi connectivity index (χ3n) is 6.48. The first-order chi connectivity index (χ1) is 14.1. The summed E-state index contributed by atoms with van der Waals surface area (Å²) in [5.41, 5.74) is 3.63. The van der Waals surface area contributed by atoms with E-state index in [4.69, 9.17) is 0 Å². The number of nitrogens with zero attached hydrogens (tertiary/aromatic N) is 4. The molecule has 1 aromatic heterocycles. The Morgan fingerprint density at radius 2 is 1.79 bits per heavy atom. The predicted molar refractivity (Wildman–Crippen MR) is 111 cm³/mol. The fourth-order valence-corrected chi connectivity index (χ4v) is 5.28. The van der Waals surface area contributed by atoms with Crippen molar-refractivity contribution in [2.75, 3.05) is 13.1 Å².